The van der Waals surface area contributed by atoms with Crippen molar-refractivity contribution in [3.05, 3.63) is 22.9 Å². The van der Waals surface area contributed by atoms with E-state index in [0.29, 0.717) is 16.3 Å². The van der Waals surface area contributed by atoms with Gasteiger partial charge in [-0.1, -0.05) is 6.42 Å². The molecule has 3 heterocycles. The molecule has 18 heavy (non-hydrogen) atoms. The second-order valence-corrected chi connectivity index (χ2v) is 5.67. The number of rotatable bonds is 2. The standard InChI is InChI=1S/C12H16N4OS/c1-15-5-3-2-4-9(15)7-16-8-13-10-6-14-18-11(10)12(16)17/h6,8-9H,2-5,7H2,1H3. The zero-order valence-electron chi connectivity index (χ0n) is 10.4. The zero-order valence-corrected chi connectivity index (χ0v) is 11.2. The Labute approximate surface area is 109 Å². The number of piperidine rings is 1. The minimum absolute atomic E-state index is 0.0430. The van der Waals surface area contributed by atoms with Crippen LogP contribution in [0.25, 0.3) is 10.2 Å². The van der Waals surface area contributed by atoms with E-state index in [1.165, 1.54) is 24.4 Å². The predicted molar refractivity (Wildman–Crippen MR) is 71.9 cm³/mol. The molecule has 1 unspecified atom stereocenters. The Hall–Kier alpha value is -1.27. The van der Waals surface area contributed by atoms with Crippen LogP contribution in [0, 0.1) is 0 Å². The second-order valence-electron chi connectivity index (χ2n) is 4.87. The maximum absolute atomic E-state index is 12.2. The molecule has 0 radical (unpaired) electrons. The third-order valence-electron chi connectivity index (χ3n) is 3.67. The number of hydrogen-bond acceptors (Lipinski definition) is 5. The highest BCUT2D eigenvalue weighted by molar-refractivity contribution is 7.13. The SMILES string of the molecule is CN1CCCCC1Cn1cnc2cnsc2c1=O. The Morgan fingerprint density at radius 3 is 3.22 bits per heavy atom. The molecule has 1 fully saturated rings. The monoisotopic (exact) mass is 264 g/mol. The van der Waals surface area contributed by atoms with E-state index in [1.54, 1.807) is 17.1 Å². The van der Waals surface area contributed by atoms with Crippen LogP contribution in [0.2, 0.25) is 0 Å². The van der Waals surface area contributed by atoms with Crippen LogP contribution in [-0.2, 0) is 6.54 Å². The molecule has 0 aromatic carbocycles. The molecule has 6 heteroatoms. The normalized spacial score (nSPS) is 21.5. The van der Waals surface area contributed by atoms with Gasteiger partial charge in [0.1, 0.15) is 10.2 Å². The molecule has 2 aromatic heterocycles. The van der Waals surface area contributed by atoms with Crippen molar-refractivity contribution in [2.75, 3.05) is 13.6 Å². The van der Waals surface area contributed by atoms with E-state index in [0.717, 1.165) is 19.5 Å². The van der Waals surface area contributed by atoms with Crippen LogP contribution < -0.4 is 5.56 Å². The van der Waals surface area contributed by atoms with Crippen molar-refractivity contribution >= 4 is 21.7 Å². The first-order valence-corrected chi connectivity index (χ1v) is 7.03. The lowest BCUT2D eigenvalue weighted by molar-refractivity contribution is 0.166. The Morgan fingerprint density at radius 2 is 2.39 bits per heavy atom. The van der Waals surface area contributed by atoms with Crippen LogP contribution >= 0.6 is 11.5 Å². The first-order valence-electron chi connectivity index (χ1n) is 6.26. The van der Waals surface area contributed by atoms with Gasteiger partial charge in [0.05, 0.1) is 12.5 Å². The number of nitrogens with zero attached hydrogens (tertiary/aromatic N) is 4. The molecular formula is C12H16N4OS. The van der Waals surface area contributed by atoms with Crippen LogP contribution in [0.4, 0.5) is 0 Å². The lowest BCUT2D eigenvalue weighted by Crippen LogP contribution is -2.41. The van der Waals surface area contributed by atoms with Crippen molar-refractivity contribution in [2.24, 2.45) is 0 Å². The average Bonchev–Trinajstić information content (AvgIpc) is 2.84. The smallest absolute Gasteiger partial charge is 0.272 e. The third kappa shape index (κ3) is 2.06. The van der Waals surface area contributed by atoms with Crippen LogP contribution in [-0.4, -0.2) is 38.5 Å². The molecule has 0 bridgehead atoms. The first kappa shape index (κ1) is 11.8. The van der Waals surface area contributed by atoms with E-state index in [9.17, 15) is 4.79 Å². The summed E-state index contributed by atoms with van der Waals surface area (Å²) in [5.74, 6) is 0. The van der Waals surface area contributed by atoms with Gasteiger partial charge in [0.25, 0.3) is 5.56 Å². The minimum Gasteiger partial charge on any atom is -0.302 e. The lowest BCUT2D eigenvalue weighted by Gasteiger charge is -2.32. The summed E-state index contributed by atoms with van der Waals surface area (Å²) in [6.45, 7) is 1.85. The molecule has 1 aliphatic heterocycles. The number of likely N-dealkylation sites (tertiary alicyclic amines) is 1. The van der Waals surface area contributed by atoms with Gasteiger partial charge in [0.15, 0.2) is 0 Å². The average molecular weight is 264 g/mol. The van der Waals surface area contributed by atoms with Gasteiger partial charge in [-0.25, -0.2) is 4.98 Å². The fourth-order valence-electron chi connectivity index (χ4n) is 2.52. The Kier molecular flexibility index (Phi) is 3.13. The molecule has 0 aliphatic carbocycles. The van der Waals surface area contributed by atoms with Crippen molar-refractivity contribution < 1.29 is 0 Å². The van der Waals surface area contributed by atoms with E-state index in [-0.39, 0.29) is 5.56 Å². The maximum Gasteiger partial charge on any atom is 0.272 e. The maximum atomic E-state index is 12.2. The summed E-state index contributed by atoms with van der Waals surface area (Å²) < 4.78 is 6.41. The number of aromatic nitrogens is 3. The highest BCUT2D eigenvalue weighted by atomic mass is 32.1. The van der Waals surface area contributed by atoms with Crippen LogP contribution in [0.15, 0.2) is 17.3 Å². The van der Waals surface area contributed by atoms with Crippen molar-refractivity contribution in [1.29, 1.82) is 0 Å². The highest BCUT2D eigenvalue weighted by Crippen LogP contribution is 2.16. The molecule has 1 saturated heterocycles. The fourth-order valence-corrected chi connectivity index (χ4v) is 3.17. The summed E-state index contributed by atoms with van der Waals surface area (Å²) >= 11 is 1.23. The molecule has 0 N–H and O–H groups in total. The molecule has 0 spiro atoms. The van der Waals surface area contributed by atoms with E-state index < -0.39 is 0 Å². The van der Waals surface area contributed by atoms with Crippen molar-refractivity contribution in [1.82, 2.24) is 18.8 Å². The lowest BCUT2D eigenvalue weighted by atomic mass is 10.0. The molecule has 96 valence electrons. The summed E-state index contributed by atoms with van der Waals surface area (Å²) in [6, 6.07) is 0.448. The molecule has 5 nitrogen and oxygen atoms in total. The van der Waals surface area contributed by atoms with E-state index in [2.05, 4.69) is 21.3 Å². The number of likely N-dealkylation sites (N-methyl/N-ethyl adjacent to an activating group) is 1. The van der Waals surface area contributed by atoms with Gasteiger partial charge in [-0.2, -0.15) is 4.37 Å². The Balaban J connectivity index is 1.90. The summed E-state index contributed by atoms with van der Waals surface area (Å²) in [5, 5.41) is 0. The zero-order chi connectivity index (χ0) is 12.5. The predicted octanol–water partition coefficient (Wildman–Crippen LogP) is 1.34. The third-order valence-corrected chi connectivity index (χ3v) is 4.45. The minimum atomic E-state index is 0.0430. The Morgan fingerprint density at radius 1 is 1.50 bits per heavy atom. The van der Waals surface area contributed by atoms with Crippen LogP contribution in [0.5, 0.6) is 0 Å². The van der Waals surface area contributed by atoms with Gasteiger partial charge in [-0.15, -0.1) is 0 Å². The van der Waals surface area contributed by atoms with Crippen molar-refractivity contribution in [2.45, 2.75) is 31.8 Å². The fraction of sp³-hybridized carbons (Fsp3) is 0.583. The molecule has 2 aromatic rings. The van der Waals surface area contributed by atoms with Crippen molar-refractivity contribution in [3.63, 3.8) is 0 Å². The van der Waals surface area contributed by atoms with E-state index >= 15 is 0 Å². The summed E-state index contributed by atoms with van der Waals surface area (Å²) in [5.41, 5.74) is 0.750. The molecule has 3 rings (SSSR count). The summed E-state index contributed by atoms with van der Waals surface area (Å²) in [7, 11) is 2.13. The van der Waals surface area contributed by atoms with Gasteiger partial charge in [-0.3, -0.25) is 9.36 Å². The van der Waals surface area contributed by atoms with Gasteiger partial charge in [0, 0.05) is 12.6 Å². The molecule has 1 aliphatic rings. The number of fused-ring (bicyclic) bond motifs is 1. The van der Waals surface area contributed by atoms with Gasteiger partial charge in [-0.05, 0) is 38.0 Å². The van der Waals surface area contributed by atoms with Crippen LogP contribution in [0.3, 0.4) is 0 Å². The molecular weight excluding hydrogens is 248 g/mol. The van der Waals surface area contributed by atoms with Gasteiger partial charge < -0.3 is 4.90 Å². The summed E-state index contributed by atoms with van der Waals surface area (Å²) in [4.78, 5) is 18.9. The van der Waals surface area contributed by atoms with E-state index in [1.807, 2.05) is 0 Å². The number of hydrogen-bond donors (Lipinski definition) is 0. The summed E-state index contributed by atoms with van der Waals surface area (Å²) in [6.07, 6.45) is 6.97. The topological polar surface area (TPSA) is 51.0 Å². The van der Waals surface area contributed by atoms with E-state index in [4.69, 9.17) is 0 Å². The molecule has 0 amide bonds. The van der Waals surface area contributed by atoms with Gasteiger partial charge >= 0.3 is 0 Å². The molecule has 1 atom stereocenters. The second kappa shape index (κ2) is 4.78. The quantitative estimate of drug-likeness (QED) is 0.821. The first-order chi connectivity index (χ1) is 8.75. The van der Waals surface area contributed by atoms with Gasteiger partial charge in [0.2, 0.25) is 0 Å². The largest absolute Gasteiger partial charge is 0.302 e. The molecule has 0 saturated carbocycles. The van der Waals surface area contributed by atoms with Crippen LogP contribution in [0.1, 0.15) is 19.3 Å². The highest BCUT2D eigenvalue weighted by Gasteiger charge is 2.20. The van der Waals surface area contributed by atoms with Crippen molar-refractivity contribution in [3.8, 4) is 0 Å². The Bertz CT molecular complexity index is 605.